The molecule has 0 atom stereocenters. The van der Waals surface area contributed by atoms with Crippen molar-refractivity contribution in [1.82, 2.24) is 0 Å². The van der Waals surface area contributed by atoms with Crippen LogP contribution in [0.3, 0.4) is 0 Å². The van der Waals surface area contributed by atoms with Crippen LogP contribution in [0.1, 0.15) is 25.8 Å². The van der Waals surface area contributed by atoms with Crippen LogP contribution >= 0.6 is 0 Å². The van der Waals surface area contributed by atoms with Gasteiger partial charge in [-0.3, -0.25) is 4.79 Å². The molecular formula is C14H15O2Rb. The van der Waals surface area contributed by atoms with Crippen LogP contribution in [0.25, 0.3) is 5.57 Å². The van der Waals surface area contributed by atoms with Crippen LogP contribution in [-0.2, 0) is 0 Å². The summed E-state index contributed by atoms with van der Waals surface area (Å²) in [5.74, 6) is -0.442. The third-order valence-electron chi connectivity index (χ3n) is 2.17. The quantitative estimate of drug-likeness (QED) is 0.706. The van der Waals surface area contributed by atoms with E-state index in [2.05, 4.69) is 0 Å². The van der Waals surface area contributed by atoms with Gasteiger partial charge in [0, 0.05) is 0 Å². The topological polar surface area (TPSA) is 40.1 Å². The summed E-state index contributed by atoms with van der Waals surface area (Å²) < 4.78 is 0. The van der Waals surface area contributed by atoms with Gasteiger partial charge in [-0.05, 0) is 30.5 Å². The van der Waals surface area contributed by atoms with Gasteiger partial charge in [-0.1, -0.05) is 49.1 Å². The molecule has 0 saturated heterocycles. The first-order valence-electron chi connectivity index (χ1n) is 5.34. The summed E-state index contributed by atoms with van der Waals surface area (Å²) in [7, 11) is 0. The van der Waals surface area contributed by atoms with E-state index in [4.69, 9.17) is 0 Å². The van der Waals surface area contributed by atoms with Crippen LogP contribution < -0.4 is 68.7 Å². The average molecular weight is 301 g/mol. The number of allylic oxidation sites excluding steroid dienone is 4. The van der Waals surface area contributed by atoms with E-state index in [1.54, 1.807) is 18.2 Å². The third-order valence-corrected chi connectivity index (χ3v) is 2.17. The molecule has 2 nitrogen and oxygen atoms in total. The van der Waals surface area contributed by atoms with Crippen molar-refractivity contribution in [2.75, 3.05) is 0 Å². The average Bonchev–Trinajstić information content (AvgIpc) is 2.42. The zero-order valence-electron chi connectivity index (χ0n) is 10.6. The Morgan fingerprint density at radius 2 is 2.00 bits per heavy atom. The molecule has 0 N–H and O–H groups in total. The summed E-state index contributed by atoms with van der Waals surface area (Å²) in [6.45, 7) is 3.88. The minimum atomic E-state index is -0.466. The molecule has 0 spiro atoms. The van der Waals surface area contributed by atoms with Gasteiger partial charge in [0.15, 0.2) is 5.43 Å². The smallest absolute Gasteiger partial charge is 0.869 e. The molecule has 0 aromatic heterocycles. The molecule has 0 radical (unpaired) electrons. The van der Waals surface area contributed by atoms with Gasteiger partial charge in [-0.2, -0.15) is 0 Å². The molecule has 3 heteroatoms. The second-order valence-electron chi connectivity index (χ2n) is 3.39. The Morgan fingerprint density at radius 3 is 2.59 bits per heavy atom. The Balaban J connectivity index is 0.00000256. The first kappa shape index (κ1) is 17.0. The molecule has 17 heavy (non-hydrogen) atoms. The normalized spacial score (nSPS) is 11.3. The van der Waals surface area contributed by atoms with E-state index in [1.807, 2.05) is 32.1 Å². The van der Waals surface area contributed by atoms with Crippen LogP contribution in [0.2, 0.25) is 0 Å². The molecule has 0 aliphatic rings. The van der Waals surface area contributed by atoms with E-state index in [0.717, 1.165) is 12.0 Å². The summed E-state index contributed by atoms with van der Waals surface area (Å²) in [5.41, 5.74) is 0.810. The van der Waals surface area contributed by atoms with E-state index in [-0.39, 0.29) is 58.2 Å². The largest absolute Gasteiger partial charge is 1.00 e. The van der Waals surface area contributed by atoms with Gasteiger partial charge in [-0.15, -0.1) is 0 Å². The van der Waals surface area contributed by atoms with Crippen molar-refractivity contribution < 1.29 is 63.3 Å². The van der Waals surface area contributed by atoms with Crippen LogP contribution in [0.15, 0.2) is 47.3 Å². The van der Waals surface area contributed by atoms with Crippen LogP contribution in [0.4, 0.5) is 0 Å². The molecule has 84 valence electrons. The number of rotatable bonds is 3. The van der Waals surface area contributed by atoms with Crippen molar-refractivity contribution in [3.8, 4) is 5.75 Å². The Hall–Kier alpha value is -0.0248. The van der Waals surface area contributed by atoms with Crippen molar-refractivity contribution in [1.29, 1.82) is 0 Å². The minimum Gasteiger partial charge on any atom is -0.869 e. The molecule has 0 aliphatic heterocycles. The van der Waals surface area contributed by atoms with Crippen molar-refractivity contribution in [3.05, 3.63) is 58.3 Å². The van der Waals surface area contributed by atoms with Crippen molar-refractivity contribution >= 4 is 5.57 Å². The van der Waals surface area contributed by atoms with Gasteiger partial charge in [0.25, 0.3) is 0 Å². The molecule has 1 aromatic rings. The van der Waals surface area contributed by atoms with Crippen molar-refractivity contribution in [2.45, 2.75) is 20.3 Å². The van der Waals surface area contributed by atoms with Gasteiger partial charge in [-0.25, -0.2) is 0 Å². The number of hydrogen-bond acceptors (Lipinski definition) is 2. The fourth-order valence-corrected chi connectivity index (χ4v) is 1.47. The van der Waals surface area contributed by atoms with E-state index in [0.29, 0.717) is 5.56 Å². The molecule has 0 fully saturated rings. The fourth-order valence-electron chi connectivity index (χ4n) is 1.47. The van der Waals surface area contributed by atoms with Gasteiger partial charge in [0.05, 0.1) is 0 Å². The van der Waals surface area contributed by atoms with E-state index < -0.39 is 11.2 Å². The molecule has 0 saturated carbocycles. The Labute approximate surface area is 151 Å². The maximum absolute atomic E-state index is 11.8. The van der Waals surface area contributed by atoms with Crippen molar-refractivity contribution in [2.24, 2.45) is 0 Å². The summed E-state index contributed by atoms with van der Waals surface area (Å²) in [4.78, 5) is 11.4. The molecule has 0 amide bonds. The summed E-state index contributed by atoms with van der Waals surface area (Å²) in [5, 5.41) is 11.8. The summed E-state index contributed by atoms with van der Waals surface area (Å²) in [6.07, 6.45) is 6.47. The van der Waals surface area contributed by atoms with Crippen LogP contribution in [0.5, 0.6) is 5.75 Å². The minimum absolute atomic E-state index is 0. The predicted molar refractivity (Wildman–Crippen MR) is 65.2 cm³/mol. The fraction of sp³-hybridized carbons (Fsp3) is 0.214. The standard InChI is InChI=1S/C14H16O2.Rb/c1-3-7-11(8-4-2)12-9-5-6-10-13(15)14(12)16;/h3,5-10H,4H2,1-2H3,(H,15,16);/q;+1/p-1/b7-3-,11-8+;. The van der Waals surface area contributed by atoms with Gasteiger partial charge in [0.2, 0.25) is 0 Å². The first-order chi connectivity index (χ1) is 7.70. The van der Waals surface area contributed by atoms with E-state index in [1.165, 1.54) is 6.07 Å². The Bertz CT molecular complexity index is 476. The second kappa shape index (κ2) is 8.98. The molecule has 1 rings (SSSR count). The van der Waals surface area contributed by atoms with Gasteiger partial charge >= 0.3 is 58.2 Å². The van der Waals surface area contributed by atoms with E-state index in [9.17, 15) is 9.90 Å². The Kier molecular flexibility index (Phi) is 8.97. The second-order valence-corrected chi connectivity index (χ2v) is 3.39. The van der Waals surface area contributed by atoms with E-state index >= 15 is 0 Å². The zero-order valence-corrected chi connectivity index (χ0v) is 15.5. The third kappa shape index (κ3) is 5.00. The van der Waals surface area contributed by atoms with Crippen molar-refractivity contribution in [3.63, 3.8) is 0 Å². The molecule has 1 aromatic carbocycles. The molecular weight excluding hydrogens is 286 g/mol. The number of hydrogen-bond donors (Lipinski definition) is 0. The zero-order chi connectivity index (χ0) is 12.0. The maximum Gasteiger partial charge on any atom is 1.00 e. The molecule has 0 unspecified atom stereocenters. The van der Waals surface area contributed by atoms with Crippen LogP contribution in [-0.4, -0.2) is 0 Å². The van der Waals surface area contributed by atoms with Crippen LogP contribution in [0, 0.1) is 0 Å². The molecule has 0 heterocycles. The monoisotopic (exact) mass is 300 g/mol. The SMILES string of the molecule is C/C=C\C(=C/CC)c1ccccc(=O)c1[O-].[Rb+]. The summed E-state index contributed by atoms with van der Waals surface area (Å²) in [6, 6.07) is 6.29. The maximum atomic E-state index is 11.8. The summed E-state index contributed by atoms with van der Waals surface area (Å²) >= 11 is 0. The molecule has 0 bridgehead atoms. The predicted octanol–water partition coefficient (Wildman–Crippen LogP) is -0.506. The first-order valence-corrected chi connectivity index (χ1v) is 5.34. The van der Waals surface area contributed by atoms with Gasteiger partial charge in [0.1, 0.15) is 0 Å². The Morgan fingerprint density at radius 1 is 1.35 bits per heavy atom. The molecule has 0 aliphatic carbocycles. The van der Waals surface area contributed by atoms with Gasteiger partial charge < -0.3 is 5.11 Å².